The summed E-state index contributed by atoms with van der Waals surface area (Å²) in [7, 11) is 0. The van der Waals surface area contributed by atoms with Crippen molar-refractivity contribution in [3.05, 3.63) is 29.0 Å². The molecule has 1 aromatic heterocycles. The highest BCUT2D eigenvalue weighted by atomic mass is 35.5. The zero-order valence-electron chi connectivity index (χ0n) is 9.17. The molecule has 0 saturated heterocycles. The molecule has 1 aliphatic rings. The maximum atomic E-state index is 12.7. The number of pyridine rings is 1. The Morgan fingerprint density at radius 3 is 2.56 bits per heavy atom. The Morgan fingerprint density at radius 2 is 2.11 bits per heavy atom. The lowest BCUT2D eigenvalue weighted by atomic mass is 10.1. The summed E-state index contributed by atoms with van der Waals surface area (Å²) in [6.45, 7) is 0. The van der Waals surface area contributed by atoms with Crippen LogP contribution in [0.15, 0.2) is 18.3 Å². The summed E-state index contributed by atoms with van der Waals surface area (Å²) in [4.78, 5) is 15.3. The van der Waals surface area contributed by atoms with Crippen molar-refractivity contribution in [1.82, 2.24) is 10.3 Å². The van der Waals surface area contributed by atoms with Crippen LogP contribution < -0.4 is 5.32 Å². The largest absolute Gasteiger partial charge is 0.408 e. The monoisotopic (exact) mass is 278 g/mol. The fraction of sp³-hybridized carbons (Fsp3) is 0.455. The van der Waals surface area contributed by atoms with Crippen molar-refractivity contribution >= 4 is 17.5 Å². The zero-order valence-corrected chi connectivity index (χ0v) is 9.92. The number of aromatic nitrogens is 1. The van der Waals surface area contributed by atoms with Gasteiger partial charge in [-0.15, -0.1) is 0 Å². The van der Waals surface area contributed by atoms with E-state index in [-0.39, 0.29) is 10.7 Å². The van der Waals surface area contributed by atoms with E-state index in [1.807, 2.05) is 5.32 Å². The van der Waals surface area contributed by atoms with Crippen LogP contribution >= 0.6 is 11.6 Å². The fourth-order valence-electron chi connectivity index (χ4n) is 1.63. The zero-order chi connectivity index (χ0) is 13.3. The summed E-state index contributed by atoms with van der Waals surface area (Å²) in [6.07, 6.45) is -2.29. The van der Waals surface area contributed by atoms with Gasteiger partial charge in [0.1, 0.15) is 11.2 Å². The van der Waals surface area contributed by atoms with E-state index in [0.717, 1.165) is 6.20 Å². The van der Waals surface area contributed by atoms with E-state index in [2.05, 4.69) is 4.98 Å². The summed E-state index contributed by atoms with van der Waals surface area (Å²) in [5.74, 6) is -1.29. The molecule has 98 valence electrons. The Morgan fingerprint density at radius 1 is 1.44 bits per heavy atom. The van der Waals surface area contributed by atoms with Crippen molar-refractivity contribution < 1.29 is 18.0 Å². The number of alkyl halides is 3. The minimum Gasteiger partial charge on any atom is -0.340 e. The summed E-state index contributed by atoms with van der Waals surface area (Å²) in [5, 5.41) is 2.19. The van der Waals surface area contributed by atoms with Crippen LogP contribution in [0.25, 0.3) is 0 Å². The van der Waals surface area contributed by atoms with Gasteiger partial charge in [-0.1, -0.05) is 11.6 Å². The van der Waals surface area contributed by atoms with Gasteiger partial charge < -0.3 is 5.32 Å². The number of carbonyl (C=O) groups is 1. The third-order valence-corrected chi connectivity index (χ3v) is 2.95. The second-order valence-corrected chi connectivity index (χ2v) is 4.59. The molecule has 18 heavy (non-hydrogen) atoms. The van der Waals surface area contributed by atoms with Crippen molar-refractivity contribution in [2.24, 2.45) is 5.92 Å². The molecule has 0 aromatic carbocycles. The Bertz CT molecular complexity index is 443. The van der Waals surface area contributed by atoms with E-state index in [4.69, 9.17) is 11.6 Å². The van der Waals surface area contributed by atoms with Crippen LogP contribution in [0.4, 0.5) is 13.2 Å². The van der Waals surface area contributed by atoms with E-state index in [0.29, 0.717) is 12.8 Å². The average molecular weight is 279 g/mol. The van der Waals surface area contributed by atoms with Crippen molar-refractivity contribution in [3.8, 4) is 0 Å². The number of carbonyl (C=O) groups excluding carboxylic acids is 1. The average Bonchev–Trinajstić information content (AvgIpc) is 3.08. The number of rotatable bonds is 3. The fourth-order valence-corrected chi connectivity index (χ4v) is 1.74. The Balaban J connectivity index is 2.07. The van der Waals surface area contributed by atoms with E-state index < -0.39 is 24.0 Å². The van der Waals surface area contributed by atoms with Crippen molar-refractivity contribution in [1.29, 1.82) is 0 Å². The first-order valence-electron chi connectivity index (χ1n) is 5.37. The summed E-state index contributed by atoms with van der Waals surface area (Å²) >= 11 is 5.53. The minimum atomic E-state index is -4.42. The van der Waals surface area contributed by atoms with Gasteiger partial charge in [-0.3, -0.25) is 4.79 Å². The summed E-state index contributed by atoms with van der Waals surface area (Å²) < 4.78 is 38.1. The molecule has 1 amide bonds. The third kappa shape index (κ3) is 3.13. The third-order valence-electron chi connectivity index (χ3n) is 2.72. The Kier molecular flexibility index (Phi) is 3.47. The van der Waals surface area contributed by atoms with Gasteiger partial charge in [-0.2, -0.15) is 13.2 Å². The lowest BCUT2D eigenvalue weighted by Crippen LogP contribution is -2.46. The minimum absolute atomic E-state index is 0.0642. The van der Waals surface area contributed by atoms with Gasteiger partial charge in [0.2, 0.25) is 0 Å². The maximum Gasteiger partial charge on any atom is 0.408 e. The molecule has 1 fully saturated rings. The van der Waals surface area contributed by atoms with E-state index in [1.54, 1.807) is 0 Å². The lowest BCUT2D eigenvalue weighted by molar-refractivity contribution is -0.158. The molecule has 2 rings (SSSR count). The highest BCUT2D eigenvalue weighted by Gasteiger charge is 2.49. The highest BCUT2D eigenvalue weighted by molar-refractivity contribution is 6.29. The summed E-state index contributed by atoms with van der Waals surface area (Å²) in [6, 6.07) is 0.918. The standard InChI is InChI=1S/C11H10ClF3N2O/c12-8-4-3-7(5-16-8)10(18)17-9(6-1-2-6)11(13,14)15/h3-6,9H,1-2H2,(H,17,18)/t9-/m0/s1. The van der Waals surface area contributed by atoms with Crippen LogP contribution in [0, 0.1) is 5.92 Å². The smallest absolute Gasteiger partial charge is 0.340 e. The van der Waals surface area contributed by atoms with Crippen LogP contribution in [0.2, 0.25) is 5.15 Å². The number of nitrogens with one attached hydrogen (secondary N) is 1. The maximum absolute atomic E-state index is 12.7. The van der Waals surface area contributed by atoms with Gasteiger partial charge in [-0.05, 0) is 30.9 Å². The first-order chi connectivity index (χ1) is 8.38. The topological polar surface area (TPSA) is 42.0 Å². The van der Waals surface area contributed by atoms with Crippen LogP contribution in [0.5, 0.6) is 0 Å². The molecule has 1 N–H and O–H groups in total. The van der Waals surface area contributed by atoms with Crippen LogP contribution in [-0.2, 0) is 0 Å². The van der Waals surface area contributed by atoms with Crippen molar-refractivity contribution in [2.45, 2.75) is 25.1 Å². The van der Waals surface area contributed by atoms with Crippen LogP contribution in [-0.4, -0.2) is 23.1 Å². The second-order valence-electron chi connectivity index (χ2n) is 4.20. The quantitative estimate of drug-likeness (QED) is 0.864. The predicted molar refractivity (Wildman–Crippen MR) is 59.3 cm³/mol. The number of hydrogen-bond donors (Lipinski definition) is 1. The van der Waals surface area contributed by atoms with Gasteiger partial charge in [0.15, 0.2) is 0 Å². The first-order valence-corrected chi connectivity index (χ1v) is 5.75. The van der Waals surface area contributed by atoms with Crippen LogP contribution in [0.3, 0.4) is 0 Å². The number of amides is 1. The summed E-state index contributed by atoms with van der Waals surface area (Å²) in [5.41, 5.74) is 0.0642. The molecule has 1 aromatic rings. The molecule has 0 spiro atoms. The van der Waals surface area contributed by atoms with Gasteiger partial charge in [0.05, 0.1) is 5.56 Å². The SMILES string of the molecule is O=C(N[C@@H](C1CC1)C(F)(F)F)c1ccc(Cl)nc1. The van der Waals surface area contributed by atoms with E-state index in [9.17, 15) is 18.0 Å². The van der Waals surface area contributed by atoms with Gasteiger partial charge in [0, 0.05) is 6.20 Å². The predicted octanol–water partition coefficient (Wildman–Crippen LogP) is 2.81. The molecule has 0 unspecified atom stereocenters. The second kappa shape index (κ2) is 4.76. The van der Waals surface area contributed by atoms with Gasteiger partial charge in [-0.25, -0.2) is 4.98 Å². The molecular weight excluding hydrogens is 269 g/mol. The first kappa shape index (κ1) is 13.1. The van der Waals surface area contributed by atoms with Crippen LogP contribution in [0.1, 0.15) is 23.2 Å². The van der Waals surface area contributed by atoms with E-state index >= 15 is 0 Å². The molecule has 0 aliphatic heterocycles. The number of nitrogens with zero attached hydrogens (tertiary/aromatic N) is 1. The molecule has 1 atom stereocenters. The Hall–Kier alpha value is -1.30. The molecule has 1 aliphatic carbocycles. The molecule has 1 saturated carbocycles. The number of halogens is 4. The highest BCUT2D eigenvalue weighted by Crippen LogP contribution is 2.40. The van der Waals surface area contributed by atoms with E-state index in [1.165, 1.54) is 12.1 Å². The normalized spacial score (nSPS) is 17.3. The van der Waals surface area contributed by atoms with Crippen molar-refractivity contribution in [3.63, 3.8) is 0 Å². The lowest BCUT2D eigenvalue weighted by Gasteiger charge is -2.21. The molecular formula is C11H10ClF3N2O. The molecule has 7 heteroatoms. The van der Waals surface area contributed by atoms with Gasteiger partial charge in [0.25, 0.3) is 5.91 Å². The van der Waals surface area contributed by atoms with Gasteiger partial charge >= 0.3 is 6.18 Å². The Labute approximate surface area is 106 Å². The number of hydrogen-bond acceptors (Lipinski definition) is 2. The molecule has 1 heterocycles. The molecule has 0 bridgehead atoms. The molecule has 3 nitrogen and oxygen atoms in total. The van der Waals surface area contributed by atoms with Crippen molar-refractivity contribution in [2.75, 3.05) is 0 Å². The molecule has 0 radical (unpaired) electrons.